The van der Waals surface area contributed by atoms with Crippen molar-refractivity contribution in [2.45, 2.75) is 39.2 Å². The minimum Gasteiger partial charge on any atom is -0.497 e. The zero-order chi connectivity index (χ0) is 26.3. The fraction of sp³-hybridized carbons (Fsp3) is 0.276. The van der Waals surface area contributed by atoms with Crippen LogP contribution < -0.4 is 9.47 Å². The molecule has 0 bridgehead atoms. The number of oxime groups is 1. The molecular weight excluding hydrogens is 482 g/mol. The van der Waals surface area contributed by atoms with Gasteiger partial charge in [0.1, 0.15) is 17.8 Å². The number of hydrogen-bond donors (Lipinski definition) is 0. The Balaban J connectivity index is 1.40. The van der Waals surface area contributed by atoms with Crippen LogP contribution in [0.1, 0.15) is 55.1 Å². The second kappa shape index (κ2) is 9.41. The summed E-state index contributed by atoms with van der Waals surface area (Å²) in [7, 11) is 1.63. The average molecular weight is 510 g/mol. The number of Topliss-reactive ketones (excluding diaryl/α,β-unsaturated/α-hetero) is 1. The molecule has 4 aromatic rings. The molecule has 1 aliphatic heterocycles. The summed E-state index contributed by atoms with van der Waals surface area (Å²) in [6.07, 6.45) is 4.30. The molecular formula is C29H27N5O4. The van der Waals surface area contributed by atoms with Crippen LogP contribution in [0.3, 0.4) is 0 Å². The monoisotopic (exact) mass is 509 g/mol. The van der Waals surface area contributed by atoms with Crippen molar-refractivity contribution in [3.8, 4) is 11.6 Å². The van der Waals surface area contributed by atoms with Gasteiger partial charge in [-0.1, -0.05) is 61.5 Å². The van der Waals surface area contributed by atoms with E-state index in [9.17, 15) is 4.79 Å². The Kier molecular flexibility index (Phi) is 5.90. The van der Waals surface area contributed by atoms with Gasteiger partial charge in [-0.25, -0.2) is 14.5 Å². The van der Waals surface area contributed by atoms with Gasteiger partial charge in [0.25, 0.3) is 0 Å². The van der Waals surface area contributed by atoms with Crippen molar-refractivity contribution in [1.29, 1.82) is 0 Å². The number of nitrogens with zero attached hydrogens (tertiary/aromatic N) is 5. The van der Waals surface area contributed by atoms with E-state index in [1.54, 1.807) is 24.2 Å². The number of rotatable bonds is 6. The molecule has 1 unspecified atom stereocenters. The van der Waals surface area contributed by atoms with Gasteiger partial charge in [-0.3, -0.25) is 4.79 Å². The maximum atomic E-state index is 13.5. The van der Waals surface area contributed by atoms with Crippen LogP contribution >= 0.6 is 0 Å². The Morgan fingerprint density at radius 2 is 1.92 bits per heavy atom. The number of hydrogen-bond acceptors (Lipinski definition) is 8. The van der Waals surface area contributed by atoms with Crippen molar-refractivity contribution >= 4 is 17.6 Å². The first-order valence-corrected chi connectivity index (χ1v) is 12.4. The Morgan fingerprint density at radius 3 is 2.68 bits per heavy atom. The molecule has 192 valence electrons. The van der Waals surface area contributed by atoms with Crippen LogP contribution in [0.15, 0.2) is 77.4 Å². The maximum absolute atomic E-state index is 13.5. The number of ketones is 1. The normalized spacial score (nSPS) is 18.3. The first-order valence-electron chi connectivity index (χ1n) is 12.4. The minimum atomic E-state index is -0.395. The lowest BCUT2D eigenvalue weighted by molar-refractivity contribution is -0.118. The molecule has 6 rings (SSSR count). The van der Waals surface area contributed by atoms with Gasteiger partial charge in [0.15, 0.2) is 23.9 Å². The van der Waals surface area contributed by atoms with E-state index in [0.29, 0.717) is 47.1 Å². The van der Waals surface area contributed by atoms with Crippen LogP contribution in [-0.2, 0) is 16.2 Å². The van der Waals surface area contributed by atoms with Crippen LogP contribution in [0, 0.1) is 5.41 Å². The molecule has 9 nitrogen and oxygen atoms in total. The van der Waals surface area contributed by atoms with Crippen molar-refractivity contribution in [3.63, 3.8) is 0 Å². The van der Waals surface area contributed by atoms with Crippen molar-refractivity contribution in [3.05, 3.63) is 94.8 Å². The summed E-state index contributed by atoms with van der Waals surface area (Å²) in [4.78, 5) is 28.3. The molecule has 3 heterocycles. The zero-order valence-electron chi connectivity index (χ0n) is 21.4. The highest BCUT2D eigenvalue weighted by Crippen LogP contribution is 2.50. The number of fused-ring (bicyclic) bond motifs is 3. The van der Waals surface area contributed by atoms with E-state index >= 15 is 0 Å². The summed E-state index contributed by atoms with van der Waals surface area (Å²) in [5, 5.41) is 8.57. The zero-order valence-corrected chi connectivity index (χ0v) is 21.4. The number of carbonyl (C=O) groups excluding carboxylic acids is 1. The lowest BCUT2D eigenvalue weighted by Gasteiger charge is -2.37. The van der Waals surface area contributed by atoms with E-state index in [4.69, 9.17) is 19.3 Å². The molecule has 9 heteroatoms. The molecule has 2 aliphatic rings. The Hall–Kier alpha value is -4.53. The quantitative estimate of drug-likeness (QED) is 0.271. The largest absolute Gasteiger partial charge is 0.497 e. The number of carbonyl (C=O) groups is 1. The molecule has 1 aliphatic carbocycles. The number of ether oxygens (including phenoxy) is 2. The molecule has 0 amide bonds. The first-order chi connectivity index (χ1) is 18.4. The van der Waals surface area contributed by atoms with Crippen LogP contribution in [-0.4, -0.2) is 38.7 Å². The van der Waals surface area contributed by atoms with Crippen molar-refractivity contribution in [2.75, 3.05) is 7.11 Å². The molecule has 0 saturated carbocycles. The fourth-order valence-electron chi connectivity index (χ4n) is 5.11. The minimum absolute atomic E-state index is 0.0723. The summed E-state index contributed by atoms with van der Waals surface area (Å²) in [5.41, 5.74) is 3.59. The smallest absolute Gasteiger partial charge is 0.228 e. The number of benzene rings is 2. The van der Waals surface area contributed by atoms with E-state index in [0.717, 1.165) is 16.9 Å². The van der Waals surface area contributed by atoms with Gasteiger partial charge in [0, 0.05) is 24.3 Å². The van der Waals surface area contributed by atoms with Crippen molar-refractivity contribution in [1.82, 2.24) is 19.6 Å². The number of aromatic nitrogens is 4. The van der Waals surface area contributed by atoms with E-state index < -0.39 is 5.92 Å². The highest BCUT2D eigenvalue weighted by molar-refractivity contribution is 6.00. The molecule has 0 radical (unpaired) electrons. The number of allylic oxidation sites excluding steroid dienone is 2. The Morgan fingerprint density at radius 1 is 1.13 bits per heavy atom. The second-order valence-electron chi connectivity index (χ2n) is 10.3. The summed E-state index contributed by atoms with van der Waals surface area (Å²) >= 11 is 0. The van der Waals surface area contributed by atoms with E-state index in [-0.39, 0.29) is 17.8 Å². The van der Waals surface area contributed by atoms with Gasteiger partial charge >= 0.3 is 0 Å². The standard InChI is InChI=1S/C29H27N5O4/c1-29(2)13-21(35)25-22(14-29)38-28-26(24(25)19-9-11-20(36-3)12-10-19)27-32-23(33-34(27)17-30-28)16-37-31-15-18-7-5-4-6-8-18/h4-12,15,17,24H,13-14,16H2,1-3H3/b31-15+. The SMILES string of the molecule is COc1ccc(C2C3=C(CC(C)(C)CC3=O)Oc3ncn4nc(CO/N=C/c5ccccc5)nc4c32)cc1. The van der Waals surface area contributed by atoms with Gasteiger partial charge in [-0.05, 0) is 28.7 Å². The molecule has 38 heavy (non-hydrogen) atoms. The fourth-order valence-corrected chi connectivity index (χ4v) is 5.11. The van der Waals surface area contributed by atoms with Gasteiger partial charge in [0.05, 0.1) is 18.9 Å². The van der Waals surface area contributed by atoms with E-state index in [2.05, 4.69) is 29.1 Å². The Labute approximate surface area is 219 Å². The highest BCUT2D eigenvalue weighted by atomic mass is 16.6. The topological polar surface area (TPSA) is 100 Å². The van der Waals surface area contributed by atoms with Crippen LogP contribution in [0.25, 0.3) is 5.65 Å². The number of methoxy groups -OCH3 is 1. The van der Waals surface area contributed by atoms with Gasteiger partial charge in [-0.15, -0.1) is 5.10 Å². The lowest BCUT2D eigenvalue weighted by atomic mass is 9.70. The third-order valence-corrected chi connectivity index (χ3v) is 6.83. The average Bonchev–Trinajstić information content (AvgIpc) is 3.33. The molecule has 1 atom stereocenters. The summed E-state index contributed by atoms with van der Waals surface area (Å²) in [6, 6.07) is 17.4. The molecule has 2 aromatic carbocycles. The third-order valence-electron chi connectivity index (χ3n) is 6.83. The van der Waals surface area contributed by atoms with Gasteiger partial charge < -0.3 is 14.3 Å². The molecule has 0 N–H and O–H groups in total. The van der Waals surface area contributed by atoms with Crippen molar-refractivity contribution < 1.29 is 19.1 Å². The predicted molar refractivity (Wildman–Crippen MR) is 140 cm³/mol. The Bertz CT molecular complexity index is 1570. The summed E-state index contributed by atoms with van der Waals surface area (Å²) in [6.45, 7) is 4.24. The first kappa shape index (κ1) is 23.8. The molecule has 0 spiro atoms. The van der Waals surface area contributed by atoms with E-state index in [1.165, 1.54) is 0 Å². The molecule has 2 aromatic heterocycles. The maximum Gasteiger partial charge on any atom is 0.228 e. The van der Waals surface area contributed by atoms with E-state index in [1.807, 2.05) is 54.6 Å². The third kappa shape index (κ3) is 4.40. The van der Waals surface area contributed by atoms with Crippen molar-refractivity contribution in [2.24, 2.45) is 10.6 Å². The van der Waals surface area contributed by atoms with Crippen LogP contribution in [0.2, 0.25) is 0 Å². The van der Waals surface area contributed by atoms with Crippen LogP contribution in [0.5, 0.6) is 11.6 Å². The molecule has 0 fully saturated rings. The van der Waals surface area contributed by atoms with Gasteiger partial charge in [-0.2, -0.15) is 0 Å². The molecule has 0 saturated heterocycles. The summed E-state index contributed by atoms with van der Waals surface area (Å²) < 4.78 is 13.3. The van der Waals surface area contributed by atoms with Gasteiger partial charge in [0.2, 0.25) is 5.88 Å². The predicted octanol–water partition coefficient (Wildman–Crippen LogP) is 4.85. The summed E-state index contributed by atoms with van der Waals surface area (Å²) in [5.74, 6) is 1.96. The lowest BCUT2D eigenvalue weighted by Crippen LogP contribution is -2.33. The van der Waals surface area contributed by atoms with Crippen LogP contribution in [0.4, 0.5) is 0 Å². The second-order valence-corrected chi connectivity index (χ2v) is 10.3. The highest BCUT2D eigenvalue weighted by Gasteiger charge is 2.44.